The molecule has 3 amide bonds. The van der Waals surface area contributed by atoms with Crippen molar-refractivity contribution >= 4 is 34.0 Å². The minimum Gasteiger partial charge on any atom is -0.497 e. The smallest absolute Gasteiger partial charge is 0.322 e. The van der Waals surface area contributed by atoms with Crippen LogP contribution in [0.5, 0.6) is 11.6 Å². The van der Waals surface area contributed by atoms with E-state index >= 15 is 0 Å². The summed E-state index contributed by atoms with van der Waals surface area (Å²) in [5.41, 5.74) is 1.01. The summed E-state index contributed by atoms with van der Waals surface area (Å²) in [6.45, 7) is 1.96. The van der Waals surface area contributed by atoms with Crippen molar-refractivity contribution in [1.29, 1.82) is 0 Å². The Hall–Kier alpha value is -3.85. The van der Waals surface area contributed by atoms with Gasteiger partial charge in [-0.15, -0.1) is 11.3 Å². The van der Waals surface area contributed by atoms with Gasteiger partial charge in [-0.2, -0.15) is 0 Å². The van der Waals surface area contributed by atoms with Crippen LogP contribution in [0.1, 0.15) is 10.6 Å². The molecule has 0 spiro atoms. The van der Waals surface area contributed by atoms with Gasteiger partial charge in [0.15, 0.2) is 11.4 Å². The number of methoxy groups -OCH3 is 1. The van der Waals surface area contributed by atoms with Gasteiger partial charge < -0.3 is 19.7 Å². The topological polar surface area (TPSA) is 105 Å². The molecule has 3 N–H and O–H groups in total. The number of imide groups is 1. The molecule has 1 fully saturated rings. The number of hydrogen-bond donors (Lipinski definition) is 3. The van der Waals surface area contributed by atoms with Crippen LogP contribution < -0.4 is 15.4 Å². The van der Waals surface area contributed by atoms with Crippen molar-refractivity contribution in [3.63, 3.8) is 0 Å². The molecule has 1 saturated heterocycles. The van der Waals surface area contributed by atoms with Gasteiger partial charge in [0, 0.05) is 27.9 Å². The maximum atomic E-state index is 13.0. The number of nitrogens with one attached hydrogen (secondary N) is 2. The Morgan fingerprint density at radius 2 is 1.97 bits per heavy atom. The zero-order valence-corrected chi connectivity index (χ0v) is 18.2. The Balaban J connectivity index is 1.56. The Morgan fingerprint density at radius 1 is 1.19 bits per heavy atom. The number of amides is 3. The molecule has 3 heterocycles. The van der Waals surface area contributed by atoms with Crippen LogP contribution in [0.4, 0.5) is 4.79 Å². The molecule has 4 aromatic rings. The highest BCUT2D eigenvalue weighted by atomic mass is 32.1. The van der Waals surface area contributed by atoms with E-state index in [2.05, 4.69) is 15.6 Å². The average molecular weight is 449 g/mol. The third-order valence-electron chi connectivity index (χ3n) is 5.71. The molecule has 8 nitrogen and oxygen atoms in total. The van der Waals surface area contributed by atoms with E-state index in [1.165, 1.54) is 0 Å². The number of rotatable bonds is 5. The highest BCUT2D eigenvalue weighted by Gasteiger charge is 2.48. The number of carbonyl (C=O) groups excluding carboxylic acids is 2. The van der Waals surface area contributed by atoms with Crippen LogP contribution in [0.3, 0.4) is 0 Å². The van der Waals surface area contributed by atoms with Crippen molar-refractivity contribution < 1.29 is 19.4 Å². The molecule has 1 atom stereocenters. The van der Waals surface area contributed by atoms with Crippen LogP contribution in [0.25, 0.3) is 22.0 Å². The van der Waals surface area contributed by atoms with E-state index in [9.17, 15) is 14.7 Å². The first-order valence-electron chi connectivity index (χ1n) is 9.92. The number of ether oxygens (including phenoxy) is 1. The second kappa shape index (κ2) is 7.38. The van der Waals surface area contributed by atoms with Gasteiger partial charge in [0.1, 0.15) is 5.75 Å². The molecular formula is C23H20N4O4S. The van der Waals surface area contributed by atoms with Crippen molar-refractivity contribution in [2.75, 3.05) is 7.11 Å². The quantitative estimate of drug-likeness (QED) is 0.405. The van der Waals surface area contributed by atoms with Crippen molar-refractivity contribution in [3.05, 3.63) is 64.6 Å². The first kappa shape index (κ1) is 20.1. The van der Waals surface area contributed by atoms with E-state index in [-0.39, 0.29) is 12.4 Å². The molecule has 0 unspecified atom stereocenters. The number of nitrogens with zero attached hydrogens (tertiary/aromatic N) is 2. The highest BCUT2D eigenvalue weighted by Crippen LogP contribution is 2.35. The lowest BCUT2D eigenvalue weighted by atomic mass is 9.89. The normalized spacial score (nSPS) is 18.1. The maximum absolute atomic E-state index is 13.0. The highest BCUT2D eigenvalue weighted by molar-refractivity contribution is 7.09. The molecule has 1 aliphatic rings. The van der Waals surface area contributed by atoms with Gasteiger partial charge in [-0.1, -0.05) is 24.3 Å². The van der Waals surface area contributed by atoms with Crippen LogP contribution in [-0.2, 0) is 16.9 Å². The van der Waals surface area contributed by atoms with Crippen LogP contribution in [0, 0.1) is 6.92 Å². The molecule has 0 saturated carbocycles. The van der Waals surface area contributed by atoms with Crippen molar-refractivity contribution in [2.24, 2.45) is 0 Å². The second-order valence-corrected chi connectivity index (χ2v) is 8.74. The molecule has 162 valence electrons. The van der Waals surface area contributed by atoms with Gasteiger partial charge in [0.05, 0.1) is 24.4 Å². The molecule has 1 aliphatic heterocycles. The number of urea groups is 1. The van der Waals surface area contributed by atoms with E-state index in [0.717, 1.165) is 21.7 Å². The fourth-order valence-electron chi connectivity index (χ4n) is 4.05. The first-order valence-corrected chi connectivity index (χ1v) is 10.8. The molecule has 0 radical (unpaired) electrons. The predicted octanol–water partition coefficient (Wildman–Crippen LogP) is 3.52. The molecule has 0 bridgehead atoms. The van der Waals surface area contributed by atoms with Gasteiger partial charge in [-0.05, 0) is 30.7 Å². The Kier molecular flexibility index (Phi) is 4.63. The SMILES string of the molecule is COc1ccc2cn(C[C@@]3(c4ccc(-c5csc(C)n5)cc4)NC(=O)NC3=O)c(O)c2c1. The van der Waals surface area contributed by atoms with Gasteiger partial charge >= 0.3 is 6.03 Å². The molecule has 2 aromatic heterocycles. The number of benzene rings is 2. The molecule has 0 aliphatic carbocycles. The average Bonchev–Trinajstić information content (AvgIpc) is 3.44. The summed E-state index contributed by atoms with van der Waals surface area (Å²) in [7, 11) is 1.55. The van der Waals surface area contributed by atoms with Crippen LogP contribution in [0.2, 0.25) is 0 Å². The van der Waals surface area contributed by atoms with E-state index in [1.807, 2.05) is 30.5 Å². The summed E-state index contributed by atoms with van der Waals surface area (Å²) >= 11 is 1.56. The number of fused-ring (bicyclic) bond motifs is 1. The van der Waals surface area contributed by atoms with E-state index < -0.39 is 17.5 Å². The summed E-state index contributed by atoms with van der Waals surface area (Å²) in [5, 5.41) is 20.3. The molecule has 2 aromatic carbocycles. The predicted molar refractivity (Wildman–Crippen MR) is 121 cm³/mol. The van der Waals surface area contributed by atoms with Crippen LogP contribution in [-0.4, -0.2) is 33.7 Å². The Morgan fingerprint density at radius 3 is 2.59 bits per heavy atom. The molecular weight excluding hydrogens is 428 g/mol. The van der Waals surface area contributed by atoms with E-state index in [4.69, 9.17) is 4.74 Å². The third-order valence-corrected chi connectivity index (χ3v) is 6.48. The largest absolute Gasteiger partial charge is 0.497 e. The number of hydrogen-bond acceptors (Lipinski definition) is 6. The summed E-state index contributed by atoms with van der Waals surface area (Å²) in [5.74, 6) is 0.122. The van der Waals surface area contributed by atoms with Gasteiger partial charge in [0.25, 0.3) is 5.91 Å². The number of aromatic nitrogens is 2. The van der Waals surface area contributed by atoms with Crippen LogP contribution in [0.15, 0.2) is 54.0 Å². The lowest BCUT2D eigenvalue weighted by molar-refractivity contribution is -0.124. The summed E-state index contributed by atoms with van der Waals surface area (Å²) < 4.78 is 6.81. The summed E-state index contributed by atoms with van der Waals surface area (Å²) in [6.07, 6.45) is 1.75. The third kappa shape index (κ3) is 3.18. The Bertz CT molecular complexity index is 1360. The monoisotopic (exact) mass is 448 g/mol. The Labute approximate surface area is 187 Å². The first-order chi connectivity index (χ1) is 15.4. The van der Waals surface area contributed by atoms with Gasteiger partial charge in [-0.3, -0.25) is 10.1 Å². The van der Waals surface area contributed by atoms with E-state index in [0.29, 0.717) is 16.7 Å². The fraction of sp³-hybridized carbons (Fsp3) is 0.174. The molecule has 9 heteroatoms. The lowest BCUT2D eigenvalue weighted by Gasteiger charge is -2.27. The maximum Gasteiger partial charge on any atom is 0.322 e. The minimum absolute atomic E-state index is 0.0122. The minimum atomic E-state index is -1.37. The second-order valence-electron chi connectivity index (χ2n) is 7.68. The standard InChI is InChI=1S/C23H20N4O4S/c1-13-24-19(11-32-13)14-3-6-16(7-4-14)23(21(29)25-22(30)26-23)12-27-10-15-5-8-17(31-2)9-18(15)20(27)28/h3-11,28H,12H2,1-2H3,(H2,25,26,29,30)/t23-/m0/s1. The van der Waals surface area contributed by atoms with Gasteiger partial charge in [-0.25, -0.2) is 9.78 Å². The van der Waals surface area contributed by atoms with Crippen LogP contribution >= 0.6 is 11.3 Å². The zero-order valence-electron chi connectivity index (χ0n) is 17.4. The van der Waals surface area contributed by atoms with Crippen molar-refractivity contribution in [3.8, 4) is 22.9 Å². The van der Waals surface area contributed by atoms with Gasteiger partial charge in [0.2, 0.25) is 0 Å². The van der Waals surface area contributed by atoms with E-state index in [1.54, 1.807) is 53.5 Å². The number of thiazole rings is 1. The number of carbonyl (C=O) groups is 2. The summed E-state index contributed by atoms with van der Waals surface area (Å²) in [6, 6.07) is 12.1. The number of aryl methyl sites for hydroxylation is 1. The van der Waals surface area contributed by atoms with Crippen molar-refractivity contribution in [2.45, 2.75) is 19.0 Å². The number of aromatic hydroxyl groups is 1. The fourth-order valence-corrected chi connectivity index (χ4v) is 4.67. The lowest BCUT2D eigenvalue weighted by Crippen LogP contribution is -2.47. The molecule has 5 rings (SSSR count). The molecule has 32 heavy (non-hydrogen) atoms. The van der Waals surface area contributed by atoms with Crippen molar-refractivity contribution in [1.82, 2.24) is 20.2 Å². The summed E-state index contributed by atoms with van der Waals surface area (Å²) in [4.78, 5) is 29.6. The zero-order chi connectivity index (χ0) is 22.5.